The first kappa shape index (κ1) is 21.2. The van der Waals surface area contributed by atoms with E-state index in [1.807, 2.05) is 32.2 Å². The highest BCUT2D eigenvalue weighted by molar-refractivity contribution is 14.0. The average molecular weight is 459 g/mol. The molecule has 1 heterocycles. The van der Waals surface area contributed by atoms with E-state index in [-0.39, 0.29) is 24.0 Å². The second kappa shape index (κ2) is 10.9. The molecule has 0 amide bonds. The Kier molecular flexibility index (Phi) is 9.25. The number of rotatable bonds is 7. The molecule has 25 heavy (non-hydrogen) atoms. The first-order chi connectivity index (χ1) is 11.6. The Morgan fingerprint density at radius 2 is 2.12 bits per heavy atom. The minimum Gasteiger partial charge on any atom is -0.496 e. The maximum atomic E-state index is 5.41. The highest BCUT2D eigenvalue weighted by Crippen LogP contribution is 2.18. The molecule has 7 nitrogen and oxygen atoms in total. The highest BCUT2D eigenvalue weighted by atomic mass is 127. The van der Waals surface area contributed by atoms with Gasteiger partial charge in [-0.1, -0.05) is 23.4 Å². The molecule has 0 aliphatic carbocycles. The van der Waals surface area contributed by atoms with Gasteiger partial charge >= 0.3 is 0 Å². The molecule has 0 aliphatic rings. The van der Waals surface area contributed by atoms with Crippen molar-refractivity contribution in [2.75, 3.05) is 27.2 Å². The van der Waals surface area contributed by atoms with E-state index < -0.39 is 0 Å². The summed E-state index contributed by atoms with van der Waals surface area (Å²) in [5, 5.41) is 7.09. The van der Waals surface area contributed by atoms with Gasteiger partial charge in [0, 0.05) is 32.1 Å². The van der Waals surface area contributed by atoms with E-state index in [4.69, 9.17) is 9.26 Å². The maximum Gasteiger partial charge on any atom is 0.228 e. The van der Waals surface area contributed by atoms with Crippen molar-refractivity contribution in [2.45, 2.75) is 26.8 Å². The molecule has 0 bridgehead atoms. The van der Waals surface area contributed by atoms with Crippen LogP contribution < -0.4 is 10.1 Å². The van der Waals surface area contributed by atoms with Gasteiger partial charge in [-0.05, 0) is 19.9 Å². The molecule has 1 N–H and O–H groups in total. The number of methoxy groups -OCH3 is 1. The monoisotopic (exact) mass is 459 g/mol. The molecule has 0 saturated carbocycles. The third kappa shape index (κ3) is 6.52. The molecule has 2 aromatic rings. The molecule has 1 aromatic carbocycles. The van der Waals surface area contributed by atoms with Gasteiger partial charge in [0.1, 0.15) is 5.75 Å². The summed E-state index contributed by atoms with van der Waals surface area (Å²) >= 11 is 0. The molecule has 0 fully saturated rings. The molecule has 0 unspecified atom stereocenters. The van der Waals surface area contributed by atoms with Crippen LogP contribution in [0.2, 0.25) is 0 Å². The number of aryl methyl sites for hydroxylation is 1. The molecule has 138 valence electrons. The summed E-state index contributed by atoms with van der Waals surface area (Å²) in [6.45, 7) is 5.94. The van der Waals surface area contributed by atoms with Crippen LogP contribution in [0.25, 0.3) is 0 Å². The fraction of sp³-hybridized carbons (Fsp3) is 0.471. The minimum absolute atomic E-state index is 0. The first-order valence-corrected chi connectivity index (χ1v) is 8.04. The number of halogens is 1. The lowest BCUT2D eigenvalue weighted by molar-refractivity contribution is 0.375. The predicted octanol–water partition coefficient (Wildman–Crippen LogP) is 2.64. The van der Waals surface area contributed by atoms with Crippen LogP contribution in [0.5, 0.6) is 5.75 Å². The number of hydrogen-bond acceptors (Lipinski definition) is 5. The second-order valence-electron chi connectivity index (χ2n) is 5.39. The van der Waals surface area contributed by atoms with Gasteiger partial charge in [-0.25, -0.2) is 0 Å². The summed E-state index contributed by atoms with van der Waals surface area (Å²) in [6.07, 6.45) is 0.623. The Morgan fingerprint density at radius 1 is 1.36 bits per heavy atom. The summed E-state index contributed by atoms with van der Waals surface area (Å²) < 4.78 is 10.5. The summed E-state index contributed by atoms with van der Waals surface area (Å²) in [6, 6.07) is 7.99. The van der Waals surface area contributed by atoms with Crippen LogP contribution in [0.15, 0.2) is 33.8 Å². The third-order valence-corrected chi connectivity index (χ3v) is 3.45. The lowest BCUT2D eigenvalue weighted by atomic mass is 10.2. The fourth-order valence-corrected chi connectivity index (χ4v) is 2.33. The van der Waals surface area contributed by atoms with Gasteiger partial charge in [0.2, 0.25) is 5.89 Å². The summed E-state index contributed by atoms with van der Waals surface area (Å²) in [5.41, 5.74) is 1.11. The smallest absolute Gasteiger partial charge is 0.228 e. The van der Waals surface area contributed by atoms with Crippen LogP contribution in [0.4, 0.5) is 0 Å². The average Bonchev–Trinajstić information content (AvgIpc) is 3.00. The van der Waals surface area contributed by atoms with Gasteiger partial charge in [0.05, 0.1) is 13.7 Å². The zero-order valence-corrected chi connectivity index (χ0v) is 17.5. The van der Waals surface area contributed by atoms with Gasteiger partial charge in [0.25, 0.3) is 0 Å². The zero-order valence-electron chi connectivity index (χ0n) is 15.2. The van der Waals surface area contributed by atoms with E-state index in [0.29, 0.717) is 31.2 Å². The normalized spacial score (nSPS) is 11.0. The molecule has 2 rings (SSSR count). The topological polar surface area (TPSA) is 75.8 Å². The number of benzene rings is 1. The Bertz CT molecular complexity index is 675. The van der Waals surface area contributed by atoms with E-state index in [9.17, 15) is 0 Å². The van der Waals surface area contributed by atoms with Crippen molar-refractivity contribution < 1.29 is 9.26 Å². The first-order valence-electron chi connectivity index (χ1n) is 8.04. The third-order valence-electron chi connectivity index (χ3n) is 3.45. The van der Waals surface area contributed by atoms with Crippen molar-refractivity contribution in [2.24, 2.45) is 4.99 Å². The van der Waals surface area contributed by atoms with Crippen molar-refractivity contribution in [3.8, 4) is 5.75 Å². The van der Waals surface area contributed by atoms with E-state index in [1.165, 1.54) is 0 Å². The van der Waals surface area contributed by atoms with Crippen LogP contribution in [-0.4, -0.2) is 48.2 Å². The summed E-state index contributed by atoms with van der Waals surface area (Å²) in [5.74, 6) is 2.97. The lowest BCUT2D eigenvalue weighted by Crippen LogP contribution is -2.38. The SMILES string of the molecule is CCNC(=NCCc1nc(C)no1)N(C)Cc1ccccc1OC.I. The van der Waals surface area contributed by atoms with Gasteiger partial charge in [-0.3, -0.25) is 4.99 Å². The predicted molar refractivity (Wildman–Crippen MR) is 109 cm³/mol. The Morgan fingerprint density at radius 3 is 2.76 bits per heavy atom. The Hall–Kier alpha value is -1.84. The van der Waals surface area contributed by atoms with Gasteiger partial charge < -0.3 is 19.5 Å². The van der Waals surface area contributed by atoms with Crippen LogP contribution in [0.1, 0.15) is 24.2 Å². The van der Waals surface area contributed by atoms with E-state index in [0.717, 1.165) is 23.8 Å². The number of para-hydroxylation sites is 1. The second-order valence-corrected chi connectivity index (χ2v) is 5.39. The van der Waals surface area contributed by atoms with Crippen LogP contribution in [0.3, 0.4) is 0 Å². The number of guanidine groups is 1. The van der Waals surface area contributed by atoms with Crippen LogP contribution in [0, 0.1) is 6.92 Å². The number of aliphatic imine (C=N–C) groups is 1. The molecule has 0 radical (unpaired) electrons. The molecule has 0 atom stereocenters. The van der Waals surface area contributed by atoms with E-state index in [1.54, 1.807) is 14.0 Å². The summed E-state index contributed by atoms with van der Waals surface area (Å²) in [7, 11) is 3.69. The molecular formula is C17H26IN5O2. The number of nitrogens with one attached hydrogen (secondary N) is 1. The summed E-state index contributed by atoms with van der Waals surface area (Å²) in [4.78, 5) is 10.9. The number of ether oxygens (including phenoxy) is 1. The minimum atomic E-state index is 0. The van der Waals surface area contributed by atoms with Gasteiger partial charge in [0.15, 0.2) is 11.8 Å². The largest absolute Gasteiger partial charge is 0.496 e. The molecule has 0 saturated heterocycles. The van der Waals surface area contributed by atoms with Crippen LogP contribution >= 0.6 is 24.0 Å². The highest BCUT2D eigenvalue weighted by Gasteiger charge is 2.10. The van der Waals surface area contributed by atoms with Gasteiger partial charge in [-0.15, -0.1) is 24.0 Å². The Labute approximate surface area is 165 Å². The van der Waals surface area contributed by atoms with E-state index in [2.05, 4.69) is 31.4 Å². The zero-order chi connectivity index (χ0) is 17.4. The van der Waals surface area contributed by atoms with E-state index >= 15 is 0 Å². The molecular weight excluding hydrogens is 433 g/mol. The number of aromatic nitrogens is 2. The lowest BCUT2D eigenvalue weighted by Gasteiger charge is -2.23. The quantitative estimate of drug-likeness (QED) is 0.390. The van der Waals surface area contributed by atoms with Crippen LogP contribution in [-0.2, 0) is 13.0 Å². The number of nitrogens with zero attached hydrogens (tertiary/aromatic N) is 4. The number of hydrogen-bond donors (Lipinski definition) is 1. The van der Waals surface area contributed by atoms with Gasteiger partial charge in [-0.2, -0.15) is 4.98 Å². The van der Waals surface area contributed by atoms with Crippen molar-refractivity contribution in [3.63, 3.8) is 0 Å². The van der Waals surface area contributed by atoms with Crippen molar-refractivity contribution >= 4 is 29.9 Å². The van der Waals surface area contributed by atoms with Crippen molar-refractivity contribution in [1.82, 2.24) is 20.4 Å². The maximum absolute atomic E-state index is 5.41. The van der Waals surface area contributed by atoms with Crippen molar-refractivity contribution in [1.29, 1.82) is 0 Å². The van der Waals surface area contributed by atoms with Crippen molar-refractivity contribution in [3.05, 3.63) is 41.5 Å². The fourth-order valence-electron chi connectivity index (χ4n) is 2.33. The molecule has 0 aliphatic heterocycles. The molecule has 1 aromatic heterocycles. The Balaban J connectivity index is 0.00000312. The standard InChI is InChI=1S/C17H25N5O2.HI/c1-5-18-17(19-11-10-16-20-13(2)21-24-16)22(3)12-14-8-6-7-9-15(14)23-4;/h6-9H,5,10-12H2,1-4H3,(H,18,19);1H. The molecule has 0 spiro atoms. The molecule has 8 heteroatoms.